The van der Waals surface area contributed by atoms with Gasteiger partial charge in [-0.05, 0) is 25.7 Å². The summed E-state index contributed by atoms with van der Waals surface area (Å²) in [5.41, 5.74) is 1.33. The molecule has 0 bridgehead atoms. The molecule has 2 unspecified atom stereocenters. The Morgan fingerprint density at radius 1 is 1.36 bits per heavy atom. The van der Waals surface area contributed by atoms with Gasteiger partial charge in [0.1, 0.15) is 6.29 Å². The molecule has 0 aromatic rings. The molecular weight excluding hydrogens is 136 g/mol. The number of allylic oxidation sites excluding steroid dienone is 2. The van der Waals surface area contributed by atoms with E-state index in [4.69, 9.17) is 0 Å². The molecule has 0 aliphatic carbocycles. The Labute approximate surface area is 69.5 Å². The molecule has 0 aromatic heterocycles. The second-order valence-electron chi connectivity index (χ2n) is 3.48. The Morgan fingerprint density at radius 3 is 2.27 bits per heavy atom. The largest absolute Gasteiger partial charge is 0.303 e. The highest BCUT2D eigenvalue weighted by atomic mass is 16.1. The summed E-state index contributed by atoms with van der Waals surface area (Å²) in [6.45, 7) is 8.44. The number of aldehydes is 1. The van der Waals surface area contributed by atoms with E-state index in [0.29, 0.717) is 18.3 Å². The van der Waals surface area contributed by atoms with Crippen LogP contribution in [0.1, 0.15) is 34.1 Å². The summed E-state index contributed by atoms with van der Waals surface area (Å²) in [6.07, 6.45) is 3.89. The van der Waals surface area contributed by atoms with E-state index in [9.17, 15) is 4.79 Å². The number of carbonyl (C=O) groups is 1. The third kappa shape index (κ3) is 4.77. The van der Waals surface area contributed by atoms with Crippen LogP contribution in [-0.4, -0.2) is 6.29 Å². The van der Waals surface area contributed by atoms with Crippen molar-refractivity contribution < 1.29 is 4.79 Å². The zero-order valence-corrected chi connectivity index (χ0v) is 7.92. The van der Waals surface area contributed by atoms with Crippen molar-refractivity contribution in [3.63, 3.8) is 0 Å². The molecule has 0 saturated heterocycles. The van der Waals surface area contributed by atoms with Crippen molar-refractivity contribution >= 4 is 6.29 Å². The molecule has 64 valence electrons. The molecule has 0 aliphatic rings. The van der Waals surface area contributed by atoms with Crippen molar-refractivity contribution in [3.8, 4) is 0 Å². The molecule has 0 heterocycles. The summed E-state index contributed by atoms with van der Waals surface area (Å²) >= 11 is 0. The van der Waals surface area contributed by atoms with Crippen molar-refractivity contribution in [2.24, 2.45) is 11.8 Å². The second-order valence-corrected chi connectivity index (χ2v) is 3.48. The Hall–Kier alpha value is -0.590. The summed E-state index contributed by atoms with van der Waals surface area (Å²) in [6, 6.07) is 0. The second kappa shape index (κ2) is 5.11. The summed E-state index contributed by atoms with van der Waals surface area (Å²) in [4.78, 5) is 10.2. The van der Waals surface area contributed by atoms with E-state index in [1.165, 1.54) is 5.57 Å². The quantitative estimate of drug-likeness (QED) is 0.449. The zero-order chi connectivity index (χ0) is 8.85. The molecule has 0 radical (unpaired) electrons. The predicted molar refractivity (Wildman–Crippen MR) is 48.4 cm³/mol. The van der Waals surface area contributed by atoms with Crippen molar-refractivity contribution in [3.05, 3.63) is 11.6 Å². The first-order valence-corrected chi connectivity index (χ1v) is 4.16. The molecular formula is C10H18O. The van der Waals surface area contributed by atoms with Crippen LogP contribution < -0.4 is 0 Å². The molecule has 0 amide bonds. The average molecular weight is 154 g/mol. The van der Waals surface area contributed by atoms with Gasteiger partial charge in [0.05, 0.1) is 0 Å². The van der Waals surface area contributed by atoms with E-state index in [1.807, 2.05) is 0 Å². The minimum Gasteiger partial charge on any atom is -0.303 e. The van der Waals surface area contributed by atoms with Gasteiger partial charge in [0.2, 0.25) is 0 Å². The van der Waals surface area contributed by atoms with Crippen molar-refractivity contribution in [2.45, 2.75) is 34.1 Å². The van der Waals surface area contributed by atoms with Crippen LogP contribution in [0.15, 0.2) is 11.6 Å². The molecule has 1 heteroatoms. The first-order valence-electron chi connectivity index (χ1n) is 4.16. The van der Waals surface area contributed by atoms with Gasteiger partial charge in [-0.2, -0.15) is 0 Å². The maximum atomic E-state index is 10.2. The lowest BCUT2D eigenvalue weighted by Crippen LogP contribution is -2.05. The summed E-state index contributed by atoms with van der Waals surface area (Å²) in [5.74, 6) is 0.993. The maximum absolute atomic E-state index is 10.2. The summed E-state index contributed by atoms with van der Waals surface area (Å²) in [7, 11) is 0. The van der Waals surface area contributed by atoms with Gasteiger partial charge in [0, 0.05) is 6.42 Å². The van der Waals surface area contributed by atoms with Crippen LogP contribution in [0.4, 0.5) is 0 Å². The minimum absolute atomic E-state index is 0.474. The smallest absolute Gasteiger partial charge is 0.120 e. The van der Waals surface area contributed by atoms with E-state index < -0.39 is 0 Å². The molecule has 11 heavy (non-hydrogen) atoms. The minimum atomic E-state index is 0.474. The van der Waals surface area contributed by atoms with Crippen LogP contribution in [-0.2, 0) is 4.79 Å². The Morgan fingerprint density at radius 2 is 1.91 bits per heavy atom. The monoisotopic (exact) mass is 154 g/mol. The molecule has 0 saturated carbocycles. The zero-order valence-electron chi connectivity index (χ0n) is 7.92. The fourth-order valence-corrected chi connectivity index (χ4v) is 1.06. The van der Waals surface area contributed by atoms with E-state index in [-0.39, 0.29) is 0 Å². The van der Waals surface area contributed by atoms with E-state index in [1.54, 1.807) is 0 Å². The lowest BCUT2D eigenvalue weighted by Gasteiger charge is -2.13. The first-order chi connectivity index (χ1) is 5.07. The van der Waals surface area contributed by atoms with Crippen molar-refractivity contribution in [2.75, 3.05) is 0 Å². The van der Waals surface area contributed by atoms with Gasteiger partial charge in [0.15, 0.2) is 0 Å². The first kappa shape index (κ1) is 10.4. The SMILES string of the molecule is CC(C)=CC(C)C(C)CC=O. The van der Waals surface area contributed by atoms with Gasteiger partial charge >= 0.3 is 0 Å². The Kier molecular flexibility index (Phi) is 4.84. The predicted octanol–water partition coefficient (Wildman–Crippen LogP) is 2.81. The van der Waals surface area contributed by atoms with E-state index >= 15 is 0 Å². The summed E-state index contributed by atoms with van der Waals surface area (Å²) < 4.78 is 0. The average Bonchev–Trinajstić information content (AvgIpc) is 1.86. The molecule has 0 aliphatic heterocycles. The third-order valence-corrected chi connectivity index (χ3v) is 1.96. The van der Waals surface area contributed by atoms with Crippen LogP contribution in [0, 0.1) is 11.8 Å². The van der Waals surface area contributed by atoms with Gasteiger partial charge in [-0.25, -0.2) is 0 Å². The Balaban J connectivity index is 3.91. The van der Waals surface area contributed by atoms with Gasteiger partial charge < -0.3 is 4.79 Å². The third-order valence-electron chi connectivity index (χ3n) is 1.96. The highest BCUT2D eigenvalue weighted by Gasteiger charge is 2.07. The van der Waals surface area contributed by atoms with Crippen LogP contribution >= 0.6 is 0 Å². The topological polar surface area (TPSA) is 17.1 Å². The van der Waals surface area contributed by atoms with Crippen molar-refractivity contribution in [1.82, 2.24) is 0 Å². The van der Waals surface area contributed by atoms with Gasteiger partial charge in [-0.3, -0.25) is 0 Å². The molecule has 0 fully saturated rings. The van der Waals surface area contributed by atoms with E-state index in [2.05, 4.69) is 33.8 Å². The number of carbonyl (C=O) groups excluding carboxylic acids is 1. The van der Waals surface area contributed by atoms with Crippen LogP contribution in [0.2, 0.25) is 0 Å². The lowest BCUT2D eigenvalue weighted by molar-refractivity contribution is -0.108. The molecule has 0 N–H and O–H groups in total. The van der Waals surface area contributed by atoms with Gasteiger partial charge in [-0.1, -0.05) is 25.5 Å². The fraction of sp³-hybridized carbons (Fsp3) is 0.700. The van der Waals surface area contributed by atoms with Crippen LogP contribution in [0.3, 0.4) is 0 Å². The highest BCUT2D eigenvalue weighted by Crippen LogP contribution is 2.16. The van der Waals surface area contributed by atoms with E-state index in [0.717, 1.165) is 6.29 Å². The van der Waals surface area contributed by atoms with Crippen LogP contribution in [0.25, 0.3) is 0 Å². The van der Waals surface area contributed by atoms with Gasteiger partial charge in [0.25, 0.3) is 0 Å². The number of hydrogen-bond acceptors (Lipinski definition) is 1. The normalized spacial score (nSPS) is 15.3. The lowest BCUT2D eigenvalue weighted by atomic mass is 9.92. The summed E-state index contributed by atoms with van der Waals surface area (Å²) in [5, 5.41) is 0. The molecule has 1 nitrogen and oxygen atoms in total. The molecule has 0 rings (SSSR count). The van der Waals surface area contributed by atoms with Gasteiger partial charge in [-0.15, -0.1) is 0 Å². The highest BCUT2D eigenvalue weighted by molar-refractivity contribution is 5.49. The number of hydrogen-bond donors (Lipinski definition) is 0. The molecule has 2 atom stereocenters. The Bertz CT molecular complexity index is 143. The standard InChI is InChI=1S/C10H18O/c1-8(2)7-10(4)9(3)5-6-11/h6-7,9-10H,5H2,1-4H3. The van der Waals surface area contributed by atoms with Crippen molar-refractivity contribution in [1.29, 1.82) is 0 Å². The fourth-order valence-electron chi connectivity index (χ4n) is 1.06. The van der Waals surface area contributed by atoms with Crippen LogP contribution in [0.5, 0.6) is 0 Å². The maximum Gasteiger partial charge on any atom is 0.120 e. The number of rotatable bonds is 4. The molecule has 0 aromatic carbocycles. The molecule has 0 spiro atoms.